The average Bonchev–Trinajstić information content (AvgIpc) is 2.71. The van der Waals surface area contributed by atoms with Gasteiger partial charge in [0.25, 0.3) is 0 Å². The molecule has 0 radical (unpaired) electrons. The molecule has 4 aliphatic rings. The van der Waals surface area contributed by atoms with E-state index < -0.39 is 36.4 Å². The van der Waals surface area contributed by atoms with Crippen LogP contribution in [0.2, 0.25) is 0 Å². The third-order valence-corrected chi connectivity index (χ3v) is 5.37. The summed E-state index contributed by atoms with van der Waals surface area (Å²) in [6, 6.07) is 0. The topological polar surface area (TPSA) is 99.1 Å². The number of carbonyl (C=O) groups is 3. The largest absolute Gasteiger partial charge is 0.458 e. The number of aliphatic hydroxyl groups is 1. The Morgan fingerprint density at radius 3 is 2.71 bits per heavy atom. The number of hydrogen-bond donors (Lipinski definition) is 1. The first-order valence-corrected chi connectivity index (χ1v) is 8.68. The third kappa shape index (κ3) is 3.27. The van der Waals surface area contributed by atoms with Crippen LogP contribution in [0.4, 0.5) is 0 Å². The molecule has 0 spiro atoms. The van der Waals surface area contributed by atoms with Crippen molar-refractivity contribution in [1.29, 1.82) is 0 Å². The Bertz CT molecular complexity index is 531. The molecule has 0 amide bonds. The summed E-state index contributed by atoms with van der Waals surface area (Å²) in [4.78, 5) is 35.8. The van der Waals surface area contributed by atoms with Crippen LogP contribution in [-0.4, -0.2) is 47.4 Å². The molecule has 7 atom stereocenters. The fourth-order valence-corrected chi connectivity index (χ4v) is 4.13. The fourth-order valence-electron chi connectivity index (χ4n) is 4.13. The maximum Gasteiger partial charge on any atom is 0.347 e. The van der Waals surface area contributed by atoms with Crippen LogP contribution in [0, 0.1) is 17.8 Å². The van der Waals surface area contributed by atoms with E-state index in [0.29, 0.717) is 12.3 Å². The van der Waals surface area contributed by atoms with Crippen LogP contribution in [0.1, 0.15) is 46.0 Å². The minimum absolute atomic E-state index is 0.0857. The summed E-state index contributed by atoms with van der Waals surface area (Å²) in [6.07, 6.45) is 0.207. The van der Waals surface area contributed by atoms with Crippen molar-refractivity contribution in [3.8, 4) is 0 Å². The molecule has 2 heterocycles. The molecule has 2 aliphatic carbocycles. The standard InChI is InChI=1S/C17H24O7/c1-3-12(18)17(21)22-8(2)15(19)24-14-10-4-9-5-11(7-10)16(20)23-13(14)6-9/h8-14,18H,3-7H2,1-2H3. The van der Waals surface area contributed by atoms with Crippen LogP contribution in [0.5, 0.6) is 0 Å². The lowest BCUT2D eigenvalue weighted by Gasteiger charge is -2.41. The molecule has 2 aliphatic heterocycles. The van der Waals surface area contributed by atoms with Crippen LogP contribution in [-0.2, 0) is 28.6 Å². The summed E-state index contributed by atoms with van der Waals surface area (Å²) in [5, 5.41) is 9.43. The molecule has 1 N–H and O–H groups in total. The van der Waals surface area contributed by atoms with Crippen LogP contribution in [0.3, 0.4) is 0 Å². The second kappa shape index (κ2) is 6.70. The van der Waals surface area contributed by atoms with Gasteiger partial charge in [0.1, 0.15) is 12.2 Å². The van der Waals surface area contributed by atoms with Crippen molar-refractivity contribution in [3.63, 3.8) is 0 Å². The van der Waals surface area contributed by atoms with E-state index in [4.69, 9.17) is 14.2 Å². The summed E-state index contributed by atoms with van der Waals surface area (Å²) in [7, 11) is 0. The molecule has 0 aromatic carbocycles. The molecule has 2 saturated heterocycles. The maximum atomic E-state index is 12.3. The monoisotopic (exact) mass is 340 g/mol. The quantitative estimate of drug-likeness (QED) is 0.588. The minimum atomic E-state index is -1.24. The molecule has 7 unspecified atom stereocenters. The van der Waals surface area contributed by atoms with Gasteiger partial charge in [-0.3, -0.25) is 4.79 Å². The van der Waals surface area contributed by atoms with Crippen molar-refractivity contribution in [1.82, 2.24) is 0 Å². The Kier molecular flexibility index (Phi) is 4.80. The Balaban J connectivity index is 1.62. The van der Waals surface area contributed by atoms with Crippen molar-refractivity contribution in [2.45, 2.75) is 70.4 Å². The Morgan fingerprint density at radius 1 is 1.25 bits per heavy atom. The van der Waals surface area contributed by atoms with Gasteiger partial charge in [0.15, 0.2) is 12.2 Å². The molecule has 24 heavy (non-hydrogen) atoms. The zero-order chi connectivity index (χ0) is 17.4. The first kappa shape index (κ1) is 17.2. The number of fused-ring (bicyclic) bond motifs is 1. The predicted molar refractivity (Wildman–Crippen MR) is 80.5 cm³/mol. The number of hydrogen-bond acceptors (Lipinski definition) is 7. The fraction of sp³-hybridized carbons (Fsp3) is 0.824. The van der Waals surface area contributed by atoms with E-state index in [-0.39, 0.29) is 24.2 Å². The van der Waals surface area contributed by atoms with Gasteiger partial charge in [0.2, 0.25) is 0 Å². The van der Waals surface area contributed by atoms with Crippen LogP contribution >= 0.6 is 0 Å². The van der Waals surface area contributed by atoms with E-state index in [2.05, 4.69) is 0 Å². The number of esters is 3. The highest BCUT2D eigenvalue weighted by Gasteiger charge is 2.52. The molecule has 4 fully saturated rings. The van der Waals surface area contributed by atoms with Gasteiger partial charge in [-0.25, -0.2) is 9.59 Å². The first-order valence-electron chi connectivity index (χ1n) is 8.68. The molecule has 4 bridgehead atoms. The van der Waals surface area contributed by atoms with E-state index in [1.54, 1.807) is 6.92 Å². The summed E-state index contributed by atoms with van der Waals surface area (Å²) in [5.74, 6) is -1.20. The summed E-state index contributed by atoms with van der Waals surface area (Å²) >= 11 is 0. The zero-order valence-corrected chi connectivity index (χ0v) is 14.0. The number of ether oxygens (including phenoxy) is 3. The van der Waals surface area contributed by atoms with Gasteiger partial charge in [-0.1, -0.05) is 6.92 Å². The van der Waals surface area contributed by atoms with E-state index in [0.717, 1.165) is 19.3 Å². The van der Waals surface area contributed by atoms with Gasteiger partial charge >= 0.3 is 17.9 Å². The summed E-state index contributed by atoms with van der Waals surface area (Å²) in [5.41, 5.74) is 0. The normalized spacial score (nSPS) is 36.5. The minimum Gasteiger partial charge on any atom is -0.458 e. The van der Waals surface area contributed by atoms with Crippen molar-refractivity contribution < 1.29 is 33.7 Å². The Labute approximate surface area is 140 Å². The second-order valence-electron chi connectivity index (χ2n) is 7.15. The summed E-state index contributed by atoms with van der Waals surface area (Å²) < 4.78 is 16.0. The average molecular weight is 340 g/mol. The maximum absolute atomic E-state index is 12.3. The third-order valence-electron chi connectivity index (χ3n) is 5.37. The highest BCUT2D eigenvalue weighted by atomic mass is 16.6. The Hall–Kier alpha value is -1.63. The van der Waals surface area contributed by atoms with Gasteiger partial charge in [0, 0.05) is 5.92 Å². The smallest absolute Gasteiger partial charge is 0.347 e. The molecule has 2 saturated carbocycles. The van der Waals surface area contributed by atoms with Crippen LogP contribution in [0.25, 0.3) is 0 Å². The molecular formula is C17H24O7. The lowest BCUT2D eigenvalue weighted by molar-refractivity contribution is -0.186. The van der Waals surface area contributed by atoms with Gasteiger partial charge in [0.05, 0.1) is 5.92 Å². The lowest BCUT2D eigenvalue weighted by Crippen LogP contribution is -2.47. The SMILES string of the molecule is CCC(O)C(=O)OC(C)C(=O)OC1C2CC3CC(C2)C(=O)OC1C3. The molecule has 7 heteroatoms. The highest BCUT2D eigenvalue weighted by molar-refractivity contribution is 5.81. The zero-order valence-electron chi connectivity index (χ0n) is 14.0. The second-order valence-corrected chi connectivity index (χ2v) is 7.15. The van der Waals surface area contributed by atoms with E-state index in [1.807, 2.05) is 0 Å². The van der Waals surface area contributed by atoms with E-state index in [9.17, 15) is 19.5 Å². The van der Waals surface area contributed by atoms with Gasteiger partial charge in [-0.15, -0.1) is 0 Å². The predicted octanol–water partition coefficient (Wildman–Crippen LogP) is 0.962. The highest BCUT2D eigenvalue weighted by Crippen LogP contribution is 2.48. The number of aliphatic hydroxyl groups excluding tert-OH is 1. The van der Waals surface area contributed by atoms with Crippen molar-refractivity contribution in [2.24, 2.45) is 17.8 Å². The Morgan fingerprint density at radius 2 is 2.00 bits per heavy atom. The van der Waals surface area contributed by atoms with Crippen molar-refractivity contribution in [3.05, 3.63) is 0 Å². The number of rotatable bonds is 5. The molecule has 134 valence electrons. The molecule has 7 nitrogen and oxygen atoms in total. The molecular weight excluding hydrogens is 316 g/mol. The van der Waals surface area contributed by atoms with Crippen LogP contribution < -0.4 is 0 Å². The first-order chi connectivity index (χ1) is 11.4. The van der Waals surface area contributed by atoms with Gasteiger partial charge in [-0.2, -0.15) is 0 Å². The summed E-state index contributed by atoms with van der Waals surface area (Å²) in [6.45, 7) is 3.06. The van der Waals surface area contributed by atoms with Crippen molar-refractivity contribution in [2.75, 3.05) is 0 Å². The van der Waals surface area contributed by atoms with Crippen molar-refractivity contribution >= 4 is 17.9 Å². The van der Waals surface area contributed by atoms with Crippen LogP contribution in [0.15, 0.2) is 0 Å². The number of carbonyl (C=O) groups excluding carboxylic acids is 3. The van der Waals surface area contributed by atoms with Gasteiger partial charge < -0.3 is 19.3 Å². The van der Waals surface area contributed by atoms with E-state index >= 15 is 0 Å². The lowest BCUT2D eigenvalue weighted by atomic mass is 9.67. The molecule has 4 rings (SSSR count). The van der Waals surface area contributed by atoms with Gasteiger partial charge in [-0.05, 0) is 44.9 Å². The molecule has 0 aromatic heterocycles. The van der Waals surface area contributed by atoms with E-state index in [1.165, 1.54) is 6.92 Å². The molecule has 0 aromatic rings.